The smallest absolute Gasteiger partial charge is 0.316 e. The van der Waals surface area contributed by atoms with Crippen LogP contribution >= 0.6 is 0 Å². The average Bonchev–Trinajstić information content (AvgIpc) is 2.73. The first-order valence-corrected chi connectivity index (χ1v) is 10.8. The Kier molecular flexibility index (Phi) is 9.22. The molecule has 2 aromatic carbocycles. The number of phenolic OH excluding ortho intramolecular Hbond substituents is 1. The SMILES string of the molecule is C[C@@H](CO)NC(=O)Cc1cccc(CC(C)(C)NC[C@H](O)c2ccc(O)c(NC(N)=O)c2)c1. The number of hydrogen-bond acceptors (Lipinski definition) is 6. The standard InChI is InChI=1S/C24H34N4O5/c1-15(14-29)27-22(32)10-16-5-4-6-17(9-16)12-24(2,3)26-13-21(31)18-7-8-20(30)19(11-18)28-23(25)33/h4-9,11,15,21,26,29-31H,10,12-14H2,1-3H3,(H,27,32)(H3,25,28,33)/t15-,21-/m0/s1. The van der Waals surface area contributed by atoms with Gasteiger partial charge in [0, 0.05) is 18.1 Å². The number of phenols is 1. The molecule has 0 unspecified atom stereocenters. The zero-order valence-corrected chi connectivity index (χ0v) is 19.3. The molecule has 9 nitrogen and oxygen atoms in total. The van der Waals surface area contributed by atoms with Crippen molar-refractivity contribution in [1.29, 1.82) is 0 Å². The molecule has 2 atom stereocenters. The van der Waals surface area contributed by atoms with Crippen LogP contribution in [0, 0.1) is 0 Å². The predicted molar refractivity (Wildman–Crippen MR) is 127 cm³/mol. The highest BCUT2D eigenvalue weighted by molar-refractivity contribution is 5.89. The summed E-state index contributed by atoms with van der Waals surface area (Å²) in [6.07, 6.45) is 0.0152. The summed E-state index contributed by atoms with van der Waals surface area (Å²) in [6.45, 7) is 5.90. The zero-order chi connectivity index (χ0) is 24.6. The van der Waals surface area contributed by atoms with Gasteiger partial charge in [0.2, 0.25) is 5.91 Å². The van der Waals surface area contributed by atoms with Gasteiger partial charge in [-0.1, -0.05) is 30.3 Å². The molecule has 2 aromatic rings. The van der Waals surface area contributed by atoms with E-state index < -0.39 is 12.1 Å². The number of aliphatic hydroxyl groups is 2. The summed E-state index contributed by atoms with van der Waals surface area (Å²) >= 11 is 0. The third-order valence-corrected chi connectivity index (χ3v) is 5.12. The van der Waals surface area contributed by atoms with E-state index in [2.05, 4.69) is 16.0 Å². The summed E-state index contributed by atoms with van der Waals surface area (Å²) in [4.78, 5) is 23.2. The van der Waals surface area contributed by atoms with Crippen molar-refractivity contribution in [2.24, 2.45) is 5.73 Å². The van der Waals surface area contributed by atoms with Crippen molar-refractivity contribution in [3.8, 4) is 5.75 Å². The van der Waals surface area contributed by atoms with Crippen LogP contribution in [0.15, 0.2) is 42.5 Å². The molecule has 0 aliphatic heterocycles. The van der Waals surface area contributed by atoms with Crippen LogP contribution in [0.1, 0.15) is 43.6 Å². The highest BCUT2D eigenvalue weighted by Gasteiger charge is 2.21. The number of benzene rings is 2. The fourth-order valence-electron chi connectivity index (χ4n) is 3.46. The molecule has 8 N–H and O–H groups in total. The van der Waals surface area contributed by atoms with E-state index in [-0.39, 0.29) is 48.5 Å². The van der Waals surface area contributed by atoms with Crippen molar-refractivity contribution < 1.29 is 24.9 Å². The topological polar surface area (TPSA) is 157 Å². The first-order chi connectivity index (χ1) is 15.5. The lowest BCUT2D eigenvalue weighted by Crippen LogP contribution is -2.43. The lowest BCUT2D eigenvalue weighted by atomic mass is 9.93. The molecule has 0 fully saturated rings. The minimum atomic E-state index is -0.873. The number of aromatic hydroxyl groups is 1. The number of rotatable bonds is 11. The summed E-state index contributed by atoms with van der Waals surface area (Å²) in [5.41, 5.74) is 7.31. The van der Waals surface area contributed by atoms with E-state index in [1.807, 2.05) is 38.1 Å². The highest BCUT2D eigenvalue weighted by Crippen LogP contribution is 2.27. The summed E-state index contributed by atoms with van der Waals surface area (Å²) in [7, 11) is 0. The number of urea groups is 1. The van der Waals surface area contributed by atoms with Gasteiger partial charge in [-0.05, 0) is 56.0 Å². The number of aliphatic hydroxyl groups excluding tert-OH is 2. The number of carbonyl (C=O) groups excluding carboxylic acids is 2. The van der Waals surface area contributed by atoms with Crippen molar-refractivity contribution in [3.05, 3.63) is 59.2 Å². The van der Waals surface area contributed by atoms with Crippen molar-refractivity contribution >= 4 is 17.6 Å². The van der Waals surface area contributed by atoms with Gasteiger partial charge in [0.1, 0.15) is 5.75 Å². The van der Waals surface area contributed by atoms with Gasteiger partial charge in [0.05, 0.1) is 24.8 Å². The second-order valence-corrected chi connectivity index (χ2v) is 8.87. The minimum absolute atomic E-state index is 0.107. The van der Waals surface area contributed by atoms with E-state index in [0.717, 1.165) is 11.1 Å². The highest BCUT2D eigenvalue weighted by atomic mass is 16.3. The van der Waals surface area contributed by atoms with Gasteiger partial charge in [-0.3, -0.25) is 4.79 Å². The molecule has 33 heavy (non-hydrogen) atoms. The maximum absolute atomic E-state index is 12.1. The maximum atomic E-state index is 12.1. The van der Waals surface area contributed by atoms with Crippen LogP contribution in [0.2, 0.25) is 0 Å². The molecular formula is C24H34N4O5. The molecule has 180 valence electrons. The Morgan fingerprint density at radius 2 is 1.82 bits per heavy atom. The van der Waals surface area contributed by atoms with E-state index in [1.165, 1.54) is 12.1 Å². The van der Waals surface area contributed by atoms with E-state index >= 15 is 0 Å². The van der Waals surface area contributed by atoms with Crippen LogP contribution in [0.3, 0.4) is 0 Å². The molecule has 0 heterocycles. The fraction of sp³-hybridized carbons (Fsp3) is 0.417. The first kappa shape index (κ1) is 26.1. The monoisotopic (exact) mass is 458 g/mol. The fourth-order valence-corrected chi connectivity index (χ4v) is 3.46. The van der Waals surface area contributed by atoms with Crippen LogP contribution in [0.5, 0.6) is 5.75 Å². The Morgan fingerprint density at radius 1 is 1.12 bits per heavy atom. The summed E-state index contributed by atoms with van der Waals surface area (Å²) in [5, 5.41) is 37.9. The van der Waals surface area contributed by atoms with Crippen LogP contribution < -0.4 is 21.7 Å². The van der Waals surface area contributed by atoms with Gasteiger partial charge < -0.3 is 37.0 Å². The molecule has 0 saturated heterocycles. The van der Waals surface area contributed by atoms with Crippen LogP contribution in [-0.4, -0.2) is 52.0 Å². The maximum Gasteiger partial charge on any atom is 0.316 e. The van der Waals surface area contributed by atoms with Gasteiger partial charge in [-0.25, -0.2) is 4.79 Å². The van der Waals surface area contributed by atoms with Crippen molar-refractivity contribution in [2.45, 2.75) is 51.3 Å². The Balaban J connectivity index is 1.97. The molecule has 0 radical (unpaired) electrons. The Labute approximate surface area is 194 Å². The zero-order valence-electron chi connectivity index (χ0n) is 19.3. The van der Waals surface area contributed by atoms with Crippen molar-refractivity contribution in [3.63, 3.8) is 0 Å². The second-order valence-electron chi connectivity index (χ2n) is 8.87. The Bertz CT molecular complexity index is 964. The number of carbonyl (C=O) groups is 2. The van der Waals surface area contributed by atoms with Gasteiger partial charge in [0.15, 0.2) is 0 Å². The number of amides is 3. The van der Waals surface area contributed by atoms with Gasteiger partial charge in [-0.15, -0.1) is 0 Å². The molecular weight excluding hydrogens is 424 g/mol. The molecule has 0 saturated carbocycles. The predicted octanol–water partition coefficient (Wildman–Crippen LogP) is 1.57. The molecule has 0 aliphatic rings. The van der Waals surface area contributed by atoms with Crippen molar-refractivity contribution in [1.82, 2.24) is 10.6 Å². The molecule has 9 heteroatoms. The quantitative estimate of drug-likeness (QED) is 0.253. The number of nitrogens with two attached hydrogens (primary N) is 1. The number of β-amino-alcohol motifs (C(OH)–C–C–N with tert-alkyl or cyclic N) is 1. The van der Waals surface area contributed by atoms with E-state index in [1.54, 1.807) is 13.0 Å². The summed E-state index contributed by atoms with van der Waals surface area (Å²) in [6, 6.07) is 11.1. The number of anilines is 1. The Morgan fingerprint density at radius 3 is 2.48 bits per heavy atom. The molecule has 0 aromatic heterocycles. The molecule has 0 bridgehead atoms. The van der Waals surface area contributed by atoms with E-state index in [9.17, 15) is 19.8 Å². The van der Waals surface area contributed by atoms with E-state index in [0.29, 0.717) is 12.0 Å². The number of hydrogen-bond donors (Lipinski definition) is 7. The molecule has 0 aliphatic carbocycles. The van der Waals surface area contributed by atoms with E-state index in [4.69, 9.17) is 10.8 Å². The average molecular weight is 459 g/mol. The van der Waals surface area contributed by atoms with Crippen molar-refractivity contribution in [2.75, 3.05) is 18.5 Å². The third-order valence-electron chi connectivity index (χ3n) is 5.12. The second kappa shape index (κ2) is 11.6. The minimum Gasteiger partial charge on any atom is -0.506 e. The lowest BCUT2D eigenvalue weighted by Gasteiger charge is -2.28. The third kappa shape index (κ3) is 8.72. The van der Waals surface area contributed by atoms with Crippen LogP contribution in [0.4, 0.5) is 10.5 Å². The molecule has 2 rings (SSSR count). The summed E-state index contributed by atoms with van der Waals surface area (Å²) in [5.74, 6) is -0.286. The molecule has 3 amide bonds. The summed E-state index contributed by atoms with van der Waals surface area (Å²) < 4.78 is 0. The van der Waals surface area contributed by atoms with Gasteiger partial charge in [-0.2, -0.15) is 0 Å². The van der Waals surface area contributed by atoms with Gasteiger partial charge in [0.25, 0.3) is 0 Å². The normalized spacial score (nSPS) is 13.2. The molecule has 0 spiro atoms. The largest absolute Gasteiger partial charge is 0.506 e. The Hall–Kier alpha value is -3.14. The number of nitrogens with one attached hydrogen (secondary N) is 3. The first-order valence-electron chi connectivity index (χ1n) is 10.8. The van der Waals surface area contributed by atoms with Crippen LogP contribution in [-0.2, 0) is 17.6 Å². The lowest BCUT2D eigenvalue weighted by molar-refractivity contribution is -0.121. The van der Waals surface area contributed by atoms with Gasteiger partial charge >= 0.3 is 6.03 Å². The van der Waals surface area contributed by atoms with Crippen LogP contribution in [0.25, 0.3) is 0 Å². The number of primary amides is 1.